The maximum absolute atomic E-state index is 11.8. The van der Waals surface area contributed by atoms with Crippen molar-refractivity contribution in [3.8, 4) is 0 Å². The van der Waals surface area contributed by atoms with Crippen molar-refractivity contribution in [1.29, 1.82) is 0 Å². The molecule has 1 fully saturated rings. The molecule has 1 heterocycles. The van der Waals surface area contributed by atoms with Crippen molar-refractivity contribution in [3.05, 3.63) is 34.6 Å². The molecule has 140 valence electrons. The highest BCUT2D eigenvalue weighted by molar-refractivity contribution is 9.10. The predicted molar refractivity (Wildman–Crippen MR) is 108 cm³/mol. The predicted octanol–water partition coefficient (Wildman–Crippen LogP) is 5.45. The highest BCUT2D eigenvalue weighted by atomic mass is 79.9. The van der Waals surface area contributed by atoms with Crippen LogP contribution in [0.25, 0.3) is 5.70 Å². The third-order valence-electron chi connectivity index (χ3n) is 5.11. The Morgan fingerprint density at radius 3 is 2.62 bits per heavy atom. The minimum Gasteiger partial charge on any atom is -0.480 e. The van der Waals surface area contributed by atoms with Crippen molar-refractivity contribution in [1.82, 2.24) is 14.8 Å². The summed E-state index contributed by atoms with van der Waals surface area (Å²) in [5, 5.41) is 18.7. The minimum atomic E-state index is -0.784. The SMILES string of the molecule is C=C1CCCCC/C(C)=C\C=C/1n1c(Br)nnc1SC1(C(=O)O)CCC1. The second-order valence-electron chi connectivity index (χ2n) is 7.07. The molecule has 1 saturated carbocycles. The number of aliphatic carboxylic acids is 1. The fourth-order valence-corrected chi connectivity index (χ4v) is 5.10. The Bertz CT molecular complexity index is 778. The van der Waals surface area contributed by atoms with Gasteiger partial charge in [0.25, 0.3) is 0 Å². The van der Waals surface area contributed by atoms with Crippen LogP contribution in [-0.2, 0) is 4.79 Å². The summed E-state index contributed by atoms with van der Waals surface area (Å²) in [6.45, 7) is 6.42. The number of carbonyl (C=O) groups is 1. The molecule has 26 heavy (non-hydrogen) atoms. The highest BCUT2D eigenvalue weighted by Gasteiger charge is 2.47. The fraction of sp³-hybridized carbons (Fsp3) is 0.526. The summed E-state index contributed by atoms with van der Waals surface area (Å²) in [5.41, 5.74) is 3.29. The normalized spacial score (nSPS) is 24.8. The first-order chi connectivity index (χ1) is 12.4. The lowest BCUT2D eigenvalue weighted by Gasteiger charge is -2.36. The first-order valence-corrected chi connectivity index (χ1v) is 10.6. The maximum Gasteiger partial charge on any atom is 0.320 e. The van der Waals surface area contributed by atoms with Gasteiger partial charge in [0.05, 0.1) is 5.70 Å². The Balaban J connectivity index is 1.99. The van der Waals surface area contributed by atoms with E-state index in [-0.39, 0.29) is 0 Å². The first kappa shape index (κ1) is 19.4. The molecule has 3 rings (SSSR count). The van der Waals surface area contributed by atoms with E-state index in [1.807, 2.05) is 4.57 Å². The smallest absolute Gasteiger partial charge is 0.320 e. The van der Waals surface area contributed by atoms with Gasteiger partial charge in [-0.05, 0) is 79.4 Å². The van der Waals surface area contributed by atoms with E-state index in [0.29, 0.717) is 22.7 Å². The van der Waals surface area contributed by atoms with E-state index in [2.05, 4.69) is 51.8 Å². The quantitative estimate of drug-likeness (QED) is 0.677. The zero-order chi connectivity index (χ0) is 18.7. The minimum absolute atomic E-state index is 0.579. The van der Waals surface area contributed by atoms with E-state index < -0.39 is 10.7 Å². The summed E-state index contributed by atoms with van der Waals surface area (Å²) in [5.74, 6) is -0.770. The van der Waals surface area contributed by atoms with Crippen molar-refractivity contribution < 1.29 is 9.90 Å². The van der Waals surface area contributed by atoms with Gasteiger partial charge in [0.1, 0.15) is 4.75 Å². The van der Waals surface area contributed by atoms with Crippen LogP contribution in [0.2, 0.25) is 0 Å². The molecular weight excluding hydrogens is 414 g/mol. The molecule has 0 bridgehead atoms. The van der Waals surface area contributed by atoms with E-state index in [4.69, 9.17) is 0 Å². The standard InChI is InChI=1S/C19H24BrN3O2S/c1-13-7-4-3-5-8-14(2)15(10-9-13)23-17(20)21-22-18(23)26-19(16(24)25)11-6-12-19/h9-10H,2-8,11-12H2,1H3,(H,24,25)/b13-9-,15-10+. The van der Waals surface area contributed by atoms with Crippen LogP contribution in [0.15, 0.2) is 39.8 Å². The van der Waals surface area contributed by atoms with Crippen molar-refractivity contribution in [3.63, 3.8) is 0 Å². The molecule has 0 radical (unpaired) electrons. The van der Waals surface area contributed by atoms with Crippen LogP contribution in [0.1, 0.15) is 58.3 Å². The number of halogens is 1. The van der Waals surface area contributed by atoms with Crippen molar-refractivity contribution in [2.75, 3.05) is 0 Å². The van der Waals surface area contributed by atoms with Gasteiger partial charge in [0.2, 0.25) is 4.73 Å². The first-order valence-electron chi connectivity index (χ1n) is 9.02. The fourth-order valence-electron chi connectivity index (χ4n) is 3.26. The Labute approximate surface area is 166 Å². The Morgan fingerprint density at radius 2 is 1.96 bits per heavy atom. The lowest BCUT2D eigenvalue weighted by atomic mass is 9.84. The monoisotopic (exact) mass is 437 g/mol. The number of hydrogen-bond acceptors (Lipinski definition) is 4. The van der Waals surface area contributed by atoms with Crippen molar-refractivity contribution in [2.24, 2.45) is 0 Å². The molecule has 0 saturated heterocycles. The Hall–Kier alpha value is -1.34. The molecule has 0 aliphatic heterocycles. The van der Waals surface area contributed by atoms with E-state index in [1.165, 1.54) is 30.2 Å². The topological polar surface area (TPSA) is 68.0 Å². The van der Waals surface area contributed by atoms with Crippen LogP contribution in [0.3, 0.4) is 0 Å². The van der Waals surface area contributed by atoms with Crippen LogP contribution < -0.4 is 0 Å². The van der Waals surface area contributed by atoms with Gasteiger partial charge in [-0.2, -0.15) is 0 Å². The van der Waals surface area contributed by atoms with Gasteiger partial charge in [0, 0.05) is 0 Å². The molecule has 0 spiro atoms. The van der Waals surface area contributed by atoms with Crippen molar-refractivity contribution in [2.45, 2.75) is 68.2 Å². The van der Waals surface area contributed by atoms with Gasteiger partial charge in [-0.3, -0.25) is 9.36 Å². The van der Waals surface area contributed by atoms with Gasteiger partial charge < -0.3 is 5.11 Å². The number of nitrogens with zero attached hydrogens (tertiary/aromatic N) is 3. The molecule has 1 N–H and O–H groups in total. The summed E-state index contributed by atoms with van der Waals surface area (Å²) < 4.78 is 1.70. The number of hydrogen-bond donors (Lipinski definition) is 1. The zero-order valence-electron chi connectivity index (χ0n) is 15.0. The Morgan fingerprint density at radius 1 is 1.23 bits per heavy atom. The van der Waals surface area contributed by atoms with E-state index in [9.17, 15) is 9.90 Å². The summed E-state index contributed by atoms with van der Waals surface area (Å²) in [4.78, 5) is 11.8. The molecular formula is C19H24BrN3O2S. The van der Waals surface area contributed by atoms with Gasteiger partial charge >= 0.3 is 5.97 Å². The molecule has 0 amide bonds. The van der Waals surface area contributed by atoms with Crippen LogP contribution in [0, 0.1) is 0 Å². The lowest BCUT2D eigenvalue weighted by Crippen LogP contribution is -2.42. The summed E-state index contributed by atoms with van der Waals surface area (Å²) in [7, 11) is 0. The Kier molecular flexibility index (Phi) is 6.07. The number of aromatic nitrogens is 3. The summed E-state index contributed by atoms with van der Waals surface area (Å²) in [6, 6.07) is 0. The maximum atomic E-state index is 11.8. The average molecular weight is 438 g/mol. The number of carboxylic acids is 1. The molecule has 0 aromatic carbocycles. The number of allylic oxidation sites excluding steroid dienone is 5. The molecule has 1 aromatic rings. The van der Waals surface area contributed by atoms with Crippen molar-refractivity contribution >= 4 is 39.4 Å². The molecule has 1 aromatic heterocycles. The van der Waals surface area contributed by atoms with Gasteiger partial charge in [-0.25, -0.2) is 0 Å². The molecule has 0 unspecified atom stereocenters. The average Bonchev–Trinajstić information content (AvgIpc) is 2.91. The van der Waals surface area contributed by atoms with Gasteiger partial charge in [0.15, 0.2) is 5.16 Å². The van der Waals surface area contributed by atoms with Crippen LogP contribution in [-0.4, -0.2) is 30.6 Å². The number of thioether (sulfide) groups is 1. The van der Waals surface area contributed by atoms with Gasteiger partial charge in [-0.1, -0.05) is 36.4 Å². The number of rotatable bonds is 4. The van der Waals surface area contributed by atoms with E-state index in [1.54, 1.807) is 0 Å². The lowest BCUT2D eigenvalue weighted by molar-refractivity contribution is -0.142. The molecule has 0 atom stereocenters. The van der Waals surface area contributed by atoms with E-state index >= 15 is 0 Å². The summed E-state index contributed by atoms with van der Waals surface area (Å²) in [6.07, 6.45) is 12.0. The highest BCUT2D eigenvalue weighted by Crippen LogP contribution is 2.48. The van der Waals surface area contributed by atoms with Crippen LogP contribution in [0.4, 0.5) is 0 Å². The molecule has 7 heteroatoms. The molecule has 2 aliphatic carbocycles. The second kappa shape index (κ2) is 8.13. The summed E-state index contributed by atoms with van der Waals surface area (Å²) >= 11 is 4.79. The third-order valence-corrected chi connectivity index (χ3v) is 7.04. The van der Waals surface area contributed by atoms with Gasteiger partial charge in [-0.15, -0.1) is 10.2 Å². The third kappa shape index (κ3) is 3.98. The van der Waals surface area contributed by atoms with Crippen LogP contribution >= 0.6 is 27.7 Å². The van der Waals surface area contributed by atoms with Crippen LogP contribution in [0.5, 0.6) is 0 Å². The largest absolute Gasteiger partial charge is 0.480 e. The second-order valence-corrected chi connectivity index (χ2v) is 9.13. The van der Waals surface area contributed by atoms with E-state index in [0.717, 1.165) is 37.0 Å². The number of carboxylic acid groups (broad SMARTS) is 1. The molecule has 2 aliphatic rings. The zero-order valence-corrected chi connectivity index (χ0v) is 17.4. The molecule has 5 nitrogen and oxygen atoms in total.